The Balaban J connectivity index is 2.61. The van der Waals surface area contributed by atoms with Crippen molar-refractivity contribution in [3.63, 3.8) is 0 Å². The molecule has 0 radical (unpaired) electrons. The van der Waals surface area contributed by atoms with E-state index in [0.717, 1.165) is 12.0 Å². The minimum atomic E-state index is -3.48. The Kier molecular flexibility index (Phi) is 5.61. The molecule has 0 amide bonds. The van der Waals surface area contributed by atoms with Gasteiger partial charge in [-0.15, -0.1) is 0 Å². The fourth-order valence-corrected chi connectivity index (χ4v) is 2.87. The van der Waals surface area contributed by atoms with Crippen LogP contribution in [0.4, 0.5) is 5.95 Å². The van der Waals surface area contributed by atoms with E-state index in [0.29, 0.717) is 23.4 Å². The van der Waals surface area contributed by atoms with E-state index in [4.69, 9.17) is 11.6 Å². The maximum Gasteiger partial charge on any atom is 0.266 e. The fourth-order valence-electron chi connectivity index (χ4n) is 2.20. The number of hydrogen-bond donors (Lipinski definition) is 2. The van der Waals surface area contributed by atoms with Crippen molar-refractivity contribution >= 4 is 27.6 Å². The molecule has 24 heavy (non-hydrogen) atoms. The summed E-state index contributed by atoms with van der Waals surface area (Å²) in [7, 11) is -3.48. The van der Waals surface area contributed by atoms with Gasteiger partial charge in [-0.05, 0) is 31.9 Å². The highest BCUT2D eigenvalue weighted by Crippen LogP contribution is 2.27. The zero-order chi connectivity index (χ0) is 17.9. The van der Waals surface area contributed by atoms with Gasteiger partial charge in [-0.1, -0.05) is 24.9 Å². The van der Waals surface area contributed by atoms with E-state index in [9.17, 15) is 13.2 Å². The first-order valence-electron chi connectivity index (χ1n) is 7.53. The molecule has 130 valence electrons. The van der Waals surface area contributed by atoms with Gasteiger partial charge in [-0.2, -0.15) is 0 Å². The van der Waals surface area contributed by atoms with Crippen molar-refractivity contribution in [2.45, 2.75) is 33.6 Å². The van der Waals surface area contributed by atoms with Crippen molar-refractivity contribution in [2.24, 2.45) is 0 Å². The van der Waals surface area contributed by atoms with Crippen LogP contribution < -0.4 is 10.3 Å². The zero-order valence-corrected chi connectivity index (χ0v) is 15.3. The van der Waals surface area contributed by atoms with E-state index in [1.165, 1.54) is 13.0 Å². The smallest absolute Gasteiger partial charge is 0.266 e. The minimum Gasteiger partial charge on any atom is -0.325 e. The number of nitrogens with one attached hydrogen (secondary N) is 2. The molecule has 0 atom stereocenters. The molecule has 0 aliphatic heterocycles. The third-order valence-corrected chi connectivity index (χ3v) is 4.99. The highest BCUT2D eigenvalue weighted by atomic mass is 35.5. The lowest BCUT2D eigenvalue weighted by atomic mass is 10.0. The van der Waals surface area contributed by atoms with E-state index in [2.05, 4.69) is 19.7 Å². The Morgan fingerprint density at radius 1 is 1.33 bits per heavy atom. The normalized spacial score (nSPS) is 11.5. The molecule has 0 spiro atoms. The minimum absolute atomic E-state index is 0.00609. The molecule has 0 unspecified atom stereocenters. The predicted octanol–water partition coefficient (Wildman–Crippen LogP) is 2.51. The van der Waals surface area contributed by atoms with Gasteiger partial charge in [0.15, 0.2) is 0 Å². The second kappa shape index (κ2) is 7.31. The van der Waals surface area contributed by atoms with Crippen molar-refractivity contribution in [3.8, 4) is 11.3 Å². The van der Waals surface area contributed by atoms with E-state index in [1.807, 2.05) is 6.92 Å². The van der Waals surface area contributed by atoms with Crippen LogP contribution in [0.3, 0.4) is 0 Å². The van der Waals surface area contributed by atoms with E-state index in [1.54, 1.807) is 13.1 Å². The van der Waals surface area contributed by atoms with Crippen LogP contribution in [0.25, 0.3) is 11.3 Å². The van der Waals surface area contributed by atoms with Gasteiger partial charge >= 0.3 is 0 Å². The Labute approximate surface area is 145 Å². The molecule has 0 aliphatic carbocycles. The molecule has 9 heteroatoms. The molecule has 0 saturated heterocycles. The van der Waals surface area contributed by atoms with Crippen LogP contribution >= 0.6 is 11.6 Å². The van der Waals surface area contributed by atoms with Crippen LogP contribution in [0.2, 0.25) is 5.02 Å². The summed E-state index contributed by atoms with van der Waals surface area (Å²) in [5.41, 5.74) is 2.27. The quantitative estimate of drug-likeness (QED) is 0.812. The first-order chi connectivity index (χ1) is 11.3. The summed E-state index contributed by atoms with van der Waals surface area (Å²) in [5.74, 6) is -0.0836. The van der Waals surface area contributed by atoms with Crippen molar-refractivity contribution in [2.75, 3.05) is 10.5 Å². The molecule has 0 aromatic carbocycles. The Hall–Kier alpha value is -1.93. The van der Waals surface area contributed by atoms with Gasteiger partial charge in [0.2, 0.25) is 16.0 Å². The highest BCUT2D eigenvalue weighted by molar-refractivity contribution is 7.92. The number of H-pyrrole nitrogens is 1. The molecule has 2 aromatic heterocycles. The topological polar surface area (TPSA) is 105 Å². The van der Waals surface area contributed by atoms with Gasteiger partial charge in [0, 0.05) is 17.5 Å². The second-order valence-corrected chi connectivity index (χ2v) is 7.73. The zero-order valence-electron chi connectivity index (χ0n) is 13.7. The largest absolute Gasteiger partial charge is 0.325 e. The maximum atomic E-state index is 11.7. The molecule has 0 saturated carbocycles. The number of halogens is 1. The summed E-state index contributed by atoms with van der Waals surface area (Å²) >= 11 is 5.94. The fraction of sp³-hybridized carbons (Fsp3) is 0.400. The first kappa shape index (κ1) is 18.4. The molecule has 0 fully saturated rings. The Morgan fingerprint density at radius 3 is 2.67 bits per heavy atom. The van der Waals surface area contributed by atoms with Gasteiger partial charge in [-0.3, -0.25) is 9.52 Å². The van der Waals surface area contributed by atoms with Crippen LogP contribution in [-0.2, 0) is 16.4 Å². The second-order valence-electron chi connectivity index (χ2n) is 5.31. The summed E-state index contributed by atoms with van der Waals surface area (Å²) in [6.45, 7) is 5.28. The number of nitrogens with zero attached hydrogens (tertiary/aromatic N) is 2. The standard InChI is InChI=1S/C15H19ClN4O3S/c1-4-6-10-8-17-15(20-24(22,23)5-2)19-13(10)11-7-12(16)14(21)18-9(11)3/h7-8H,4-6H2,1-3H3,(H,18,21)(H,17,19,20). The van der Waals surface area contributed by atoms with E-state index >= 15 is 0 Å². The molecule has 2 N–H and O–H groups in total. The van der Waals surface area contributed by atoms with E-state index < -0.39 is 10.0 Å². The average molecular weight is 371 g/mol. The van der Waals surface area contributed by atoms with E-state index in [-0.39, 0.29) is 22.3 Å². The molecular weight excluding hydrogens is 352 g/mol. The van der Waals surface area contributed by atoms with Crippen LogP contribution in [0, 0.1) is 6.92 Å². The first-order valence-corrected chi connectivity index (χ1v) is 9.56. The number of sulfonamides is 1. The van der Waals surface area contributed by atoms with Gasteiger partial charge in [0.05, 0.1) is 11.4 Å². The predicted molar refractivity (Wildman–Crippen MR) is 94.9 cm³/mol. The molecular formula is C15H19ClN4O3S. The monoisotopic (exact) mass is 370 g/mol. The summed E-state index contributed by atoms with van der Waals surface area (Å²) in [4.78, 5) is 22.7. The van der Waals surface area contributed by atoms with Crippen molar-refractivity contribution in [1.29, 1.82) is 0 Å². The number of anilines is 1. The Bertz CT molecular complexity index is 909. The molecule has 2 heterocycles. The summed E-state index contributed by atoms with van der Waals surface area (Å²) in [6, 6.07) is 1.54. The number of pyridine rings is 1. The van der Waals surface area contributed by atoms with Gasteiger partial charge in [-0.25, -0.2) is 18.4 Å². The van der Waals surface area contributed by atoms with Crippen LogP contribution in [0.15, 0.2) is 17.1 Å². The molecule has 0 bridgehead atoms. The number of hydrogen-bond acceptors (Lipinski definition) is 5. The molecule has 0 aliphatic rings. The average Bonchev–Trinajstić information content (AvgIpc) is 2.52. The maximum absolute atomic E-state index is 11.7. The number of aromatic amines is 1. The third kappa shape index (κ3) is 4.12. The number of rotatable bonds is 6. The summed E-state index contributed by atoms with van der Waals surface area (Å²) in [5, 5.41) is 0.0485. The number of aromatic nitrogens is 3. The lowest BCUT2D eigenvalue weighted by Crippen LogP contribution is -2.17. The van der Waals surface area contributed by atoms with Crippen LogP contribution in [-0.4, -0.2) is 29.1 Å². The van der Waals surface area contributed by atoms with Crippen molar-refractivity contribution in [1.82, 2.24) is 15.0 Å². The molecule has 7 nitrogen and oxygen atoms in total. The van der Waals surface area contributed by atoms with Gasteiger partial charge in [0.1, 0.15) is 5.02 Å². The van der Waals surface area contributed by atoms with Gasteiger partial charge < -0.3 is 4.98 Å². The molecule has 2 rings (SSSR count). The van der Waals surface area contributed by atoms with Crippen molar-refractivity contribution < 1.29 is 8.42 Å². The number of aryl methyl sites for hydroxylation is 2. The SMILES string of the molecule is CCCc1cnc(NS(=O)(=O)CC)nc1-c1cc(Cl)c(=O)[nH]c1C. The van der Waals surface area contributed by atoms with Crippen molar-refractivity contribution in [3.05, 3.63) is 38.9 Å². The summed E-state index contributed by atoms with van der Waals surface area (Å²) < 4.78 is 25.8. The molecule has 2 aromatic rings. The highest BCUT2D eigenvalue weighted by Gasteiger charge is 2.16. The Morgan fingerprint density at radius 2 is 2.04 bits per heavy atom. The lowest BCUT2D eigenvalue weighted by molar-refractivity contribution is 0.602. The summed E-state index contributed by atoms with van der Waals surface area (Å²) in [6.07, 6.45) is 3.18. The van der Waals surface area contributed by atoms with Crippen LogP contribution in [0.5, 0.6) is 0 Å². The van der Waals surface area contributed by atoms with Crippen LogP contribution in [0.1, 0.15) is 31.5 Å². The lowest BCUT2D eigenvalue weighted by Gasteiger charge is -2.13. The van der Waals surface area contributed by atoms with Gasteiger partial charge in [0.25, 0.3) is 5.56 Å². The third-order valence-electron chi connectivity index (χ3n) is 3.46.